The van der Waals surface area contributed by atoms with Crippen molar-refractivity contribution in [2.75, 3.05) is 5.88 Å². The Balaban J connectivity index is 2.06. The van der Waals surface area contributed by atoms with E-state index < -0.39 is 21.6 Å². The first kappa shape index (κ1) is 13.4. The molecule has 0 radical (unpaired) electrons. The first-order chi connectivity index (χ1) is 8.99. The number of benzene rings is 1. The van der Waals surface area contributed by atoms with Gasteiger partial charge in [0.05, 0.1) is 11.2 Å². The summed E-state index contributed by atoms with van der Waals surface area (Å²) in [6, 6.07) is 9.48. The van der Waals surface area contributed by atoms with Crippen LogP contribution in [0.1, 0.15) is 16.1 Å². The number of aryl methyl sites for hydroxylation is 1. The highest BCUT2D eigenvalue weighted by atomic mass is 32.2. The van der Waals surface area contributed by atoms with Crippen molar-refractivity contribution in [2.24, 2.45) is 0 Å². The minimum Gasteiger partial charge on any atom is -0.459 e. The van der Waals surface area contributed by atoms with Crippen LogP contribution in [0.4, 0.5) is 0 Å². The van der Waals surface area contributed by atoms with Gasteiger partial charge in [0.2, 0.25) is 0 Å². The van der Waals surface area contributed by atoms with Crippen LogP contribution in [-0.4, -0.2) is 20.2 Å². The number of sulfone groups is 1. The van der Waals surface area contributed by atoms with E-state index >= 15 is 0 Å². The lowest BCUT2D eigenvalue weighted by molar-refractivity contribution is 0.0932. The van der Waals surface area contributed by atoms with Crippen molar-refractivity contribution in [1.82, 2.24) is 5.32 Å². The Bertz CT molecular complexity index is 657. The molecule has 1 aromatic carbocycles. The van der Waals surface area contributed by atoms with E-state index in [4.69, 9.17) is 4.42 Å². The highest BCUT2D eigenvalue weighted by Gasteiger charge is 2.17. The highest BCUT2D eigenvalue weighted by molar-refractivity contribution is 7.91. The fourth-order valence-corrected chi connectivity index (χ4v) is 2.52. The lowest BCUT2D eigenvalue weighted by Crippen LogP contribution is -2.29. The molecule has 0 aliphatic carbocycles. The van der Waals surface area contributed by atoms with Crippen LogP contribution in [0, 0.1) is 6.92 Å². The molecule has 0 unspecified atom stereocenters. The van der Waals surface area contributed by atoms with Crippen LogP contribution in [0.15, 0.2) is 52.0 Å². The molecule has 0 saturated carbocycles. The second kappa shape index (κ2) is 5.27. The molecular weight excluding hydrogens is 266 g/mol. The maximum Gasteiger partial charge on any atom is 0.287 e. The Morgan fingerprint density at radius 3 is 2.47 bits per heavy atom. The molecule has 1 N–H and O–H groups in total. The molecule has 1 aromatic heterocycles. The van der Waals surface area contributed by atoms with Crippen LogP contribution in [0.25, 0.3) is 0 Å². The lowest BCUT2D eigenvalue weighted by Gasteiger charge is -2.06. The average Bonchev–Trinajstić information content (AvgIpc) is 2.90. The van der Waals surface area contributed by atoms with Gasteiger partial charge in [0, 0.05) is 0 Å². The molecule has 0 atom stereocenters. The highest BCUT2D eigenvalue weighted by Crippen LogP contribution is 2.11. The topological polar surface area (TPSA) is 76.4 Å². The Labute approximate surface area is 111 Å². The molecule has 100 valence electrons. The van der Waals surface area contributed by atoms with Gasteiger partial charge in [-0.3, -0.25) is 4.79 Å². The van der Waals surface area contributed by atoms with Gasteiger partial charge in [-0.05, 0) is 31.2 Å². The van der Waals surface area contributed by atoms with Gasteiger partial charge in [-0.25, -0.2) is 8.42 Å². The largest absolute Gasteiger partial charge is 0.459 e. The third-order valence-electron chi connectivity index (χ3n) is 2.55. The molecule has 0 aliphatic heterocycles. The minimum absolute atomic E-state index is 0.0825. The van der Waals surface area contributed by atoms with Crippen molar-refractivity contribution in [1.29, 1.82) is 0 Å². The van der Waals surface area contributed by atoms with Crippen LogP contribution < -0.4 is 5.32 Å². The molecule has 2 rings (SSSR count). The summed E-state index contributed by atoms with van der Waals surface area (Å²) in [6.45, 7) is 1.87. The summed E-state index contributed by atoms with van der Waals surface area (Å²) in [5.41, 5.74) is 0.971. The summed E-state index contributed by atoms with van der Waals surface area (Å²) in [5.74, 6) is -0.935. The van der Waals surface area contributed by atoms with Gasteiger partial charge in [-0.2, -0.15) is 0 Å². The summed E-state index contributed by atoms with van der Waals surface area (Å²) in [4.78, 5) is 11.7. The van der Waals surface area contributed by atoms with Crippen LogP contribution in [-0.2, 0) is 9.84 Å². The van der Waals surface area contributed by atoms with Gasteiger partial charge < -0.3 is 9.73 Å². The summed E-state index contributed by atoms with van der Waals surface area (Å²) in [5, 5.41) is 2.32. The van der Waals surface area contributed by atoms with Crippen molar-refractivity contribution in [3.8, 4) is 0 Å². The third kappa shape index (κ3) is 3.23. The van der Waals surface area contributed by atoms with Crippen LogP contribution in [0.2, 0.25) is 0 Å². The molecule has 0 saturated heterocycles. The van der Waals surface area contributed by atoms with E-state index in [9.17, 15) is 13.2 Å². The van der Waals surface area contributed by atoms with Gasteiger partial charge in [-0.15, -0.1) is 0 Å². The molecular formula is C13H13NO4S. The molecule has 0 fully saturated rings. The number of hydrogen-bond acceptors (Lipinski definition) is 4. The zero-order valence-electron chi connectivity index (χ0n) is 10.3. The monoisotopic (exact) mass is 279 g/mol. The molecule has 1 amide bonds. The number of nitrogens with one attached hydrogen (secondary N) is 1. The standard InChI is InChI=1S/C13H13NO4S/c1-10-4-6-11(7-5-10)19(16,17)9-14-13(15)12-3-2-8-18-12/h2-8H,9H2,1H3,(H,14,15). The van der Waals surface area contributed by atoms with Crippen LogP contribution >= 0.6 is 0 Å². The normalized spacial score (nSPS) is 11.2. The molecule has 2 aromatic rings. The fraction of sp³-hybridized carbons (Fsp3) is 0.154. The molecule has 0 spiro atoms. The van der Waals surface area contributed by atoms with E-state index in [1.165, 1.54) is 24.5 Å². The van der Waals surface area contributed by atoms with E-state index in [1.54, 1.807) is 18.2 Å². The van der Waals surface area contributed by atoms with E-state index in [0.717, 1.165) is 5.56 Å². The fourth-order valence-electron chi connectivity index (χ4n) is 1.48. The van der Waals surface area contributed by atoms with Crippen molar-refractivity contribution in [3.05, 3.63) is 54.0 Å². The zero-order chi connectivity index (χ0) is 13.9. The molecule has 6 heteroatoms. The zero-order valence-corrected chi connectivity index (χ0v) is 11.1. The number of rotatable bonds is 4. The average molecular weight is 279 g/mol. The predicted octanol–water partition coefficient (Wildman–Crippen LogP) is 1.75. The van der Waals surface area contributed by atoms with Crippen molar-refractivity contribution < 1.29 is 17.6 Å². The Morgan fingerprint density at radius 1 is 1.21 bits per heavy atom. The number of carbonyl (C=O) groups excluding carboxylic acids is 1. The van der Waals surface area contributed by atoms with Gasteiger partial charge in [-0.1, -0.05) is 17.7 Å². The minimum atomic E-state index is -3.54. The number of amides is 1. The molecule has 0 bridgehead atoms. The number of carbonyl (C=O) groups is 1. The smallest absolute Gasteiger partial charge is 0.287 e. The molecule has 0 aliphatic rings. The van der Waals surface area contributed by atoms with Gasteiger partial charge in [0.15, 0.2) is 15.6 Å². The van der Waals surface area contributed by atoms with E-state index in [0.29, 0.717) is 0 Å². The second-order valence-corrected chi connectivity index (χ2v) is 6.04. The van der Waals surface area contributed by atoms with Crippen LogP contribution in [0.3, 0.4) is 0 Å². The van der Waals surface area contributed by atoms with Crippen molar-refractivity contribution >= 4 is 15.7 Å². The molecule has 1 heterocycles. The molecule has 19 heavy (non-hydrogen) atoms. The van der Waals surface area contributed by atoms with Crippen molar-refractivity contribution in [3.63, 3.8) is 0 Å². The van der Waals surface area contributed by atoms with Crippen LogP contribution in [0.5, 0.6) is 0 Å². The van der Waals surface area contributed by atoms with E-state index in [1.807, 2.05) is 6.92 Å². The Morgan fingerprint density at radius 2 is 1.89 bits per heavy atom. The van der Waals surface area contributed by atoms with Gasteiger partial charge in [0.25, 0.3) is 5.91 Å². The van der Waals surface area contributed by atoms with Gasteiger partial charge >= 0.3 is 0 Å². The van der Waals surface area contributed by atoms with E-state index in [2.05, 4.69) is 5.32 Å². The molecule has 5 nitrogen and oxygen atoms in total. The Hall–Kier alpha value is -2.08. The number of furan rings is 1. The third-order valence-corrected chi connectivity index (χ3v) is 4.06. The second-order valence-electron chi connectivity index (χ2n) is 4.06. The summed E-state index contributed by atoms with van der Waals surface area (Å²) in [7, 11) is -3.54. The maximum absolute atomic E-state index is 12.0. The van der Waals surface area contributed by atoms with Crippen molar-refractivity contribution in [2.45, 2.75) is 11.8 Å². The van der Waals surface area contributed by atoms with Gasteiger partial charge in [0.1, 0.15) is 5.88 Å². The first-order valence-electron chi connectivity index (χ1n) is 5.60. The summed E-state index contributed by atoms with van der Waals surface area (Å²) >= 11 is 0. The Kier molecular flexibility index (Phi) is 3.71. The number of hydrogen-bond donors (Lipinski definition) is 1. The lowest BCUT2D eigenvalue weighted by atomic mass is 10.2. The quantitative estimate of drug-likeness (QED) is 0.925. The predicted molar refractivity (Wildman–Crippen MR) is 69.4 cm³/mol. The maximum atomic E-state index is 12.0. The first-order valence-corrected chi connectivity index (χ1v) is 7.25. The van der Waals surface area contributed by atoms with E-state index in [-0.39, 0.29) is 10.7 Å². The summed E-state index contributed by atoms with van der Waals surface area (Å²) in [6.07, 6.45) is 1.35. The SMILES string of the molecule is Cc1ccc(S(=O)(=O)CNC(=O)c2ccco2)cc1. The summed E-state index contributed by atoms with van der Waals surface area (Å²) < 4.78 is 28.8.